The molecular formula is C92H100BrIO22P2Pd2. The molecular weight excluding hydrogens is 1940 g/mol. The van der Waals surface area contributed by atoms with Gasteiger partial charge in [0, 0.05) is 101 Å². The van der Waals surface area contributed by atoms with Gasteiger partial charge in [0.05, 0.1) is 31.5 Å². The maximum absolute atomic E-state index is 11.4. The first kappa shape index (κ1) is 115. The molecule has 10 rings (SSSR count). The molecule has 8 N–H and O–H groups in total. The van der Waals surface area contributed by atoms with Gasteiger partial charge in [-0.2, -0.15) is 0 Å². The standard InChI is InChI=1S/2C18H15P.C13H14O5.C12H12O4.C9H9IO2.C8H7BrO3.2C3H6.4C2H4O2.2Pd/c2*1-4-10-16(11-5-1)19(17-12-6-2-7-13-17)18-14-8-3-9-15-18;1-17-12(13(16)18-2)10-6-3-9(4-7-10)5-8-11(14)15;1-2-16-12(15)10-6-3-9(4-7-10)5-8-11(13)14;1-2-12-9(11)7-3-5-8(10)6-4-7;9-7-3-1-6(2-4-7)8(10)5-12-11;2*1-3-2;4*1-2(3)4;;/h2*1-15H;3-8,12H,1-2H3,(H,14,15);3-8H,2H2,1H3,(H,13,14);3-6H,2H2,1H3;1-5,10-11H;2*3H,1H2,2H3;4*1H3,(H,3,4);;/b;;2*8-5+;;8-5+;;;;;;;;. The molecule has 0 radical (unpaired) electrons. The Bertz CT molecular complexity index is 4200. The number of allylic oxidation sites excluding steroid dienone is 2. The van der Waals surface area contributed by atoms with Crippen LogP contribution in [0.5, 0.6) is 0 Å². The Kier molecular flexibility index (Phi) is 70.4. The van der Waals surface area contributed by atoms with Crippen LogP contribution in [0.4, 0.5) is 0 Å². The summed E-state index contributed by atoms with van der Waals surface area (Å²) >= 11 is 5.44. The van der Waals surface area contributed by atoms with Gasteiger partial charge < -0.3 is 59.6 Å². The van der Waals surface area contributed by atoms with E-state index < -0.39 is 63.7 Å². The summed E-state index contributed by atoms with van der Waals surface area (Å²) in [6.45, 7) is 19.1. The summed E-state index contributed by atoms with van der Waals surface area (Å²) < 4.78 is 21.3. The predicted octanol–water partition coefficient (Wildman–Crippen LogP) is 18.5. The number of rotatable bonds is 19. The third kappa shape index (κ3) is 58.0. The summed E-state index contributed by atoms with van der Waals surface area (Å²) in [5.74, 6) is -6.58. The van der Waals surface area contributed by atoms with Gasteiger partial charge in [-0.3, -0.25) is 19.2 Å². The molecule has 0 aliphatic heterocycles. The van der Waals surface area contributed by atoms with E-state index >= 15 is 0 Å². The van der Waals surface area contributed by atoms with Gasteiger partial charge in [0.1, 0.15) is 0 Å². The van der Waals surface area contributed by atoms with Crippen molar-refractivity contribution < 1.29 is 149 Å². The fourth-order valence-electron chi connectivity index (χ4n) is 8.43. The Morgan fingerprint density at radius 3 is 0.875 bits per heavy atom. The fraction of sp³-hybridized carbons (Fsp3) is 0.141. The minimum absolute atomic E-state index is 0. The summed E-state index contributed by atoms with van der Waals surface area (Å²) in [6.07, 6.45) is 8.59. The van der Waals surface area contributed by atoms with E-state index in [9.17, 15) is 29.1 Å². The largest absolute Gasteiger partial charge is 0.504 e. The number of benzene rings is 10. The van der Waals surface area contributed by atoms with Gasteiger partial charge >= 0.3 is 29.8 Å². The Morgan fingerprint density at radius 2 is 0.650 bits per heavy atom. The number of aliphatic hydroxyl groups is 1. The second-order valence-electron chi connectivity index (χ2n) is 22.4. The molecule has 10 aromatic carbocycles. The molecule has 0 aliphatic carbocycles. The summed E-state index contributed by atoms with van der Waals surface area (Å²) in [7, 11) is 1.81. The maximum atomic E-state index is 11.4. The SMILES string of the molecule is C=CC.C=CC.CC(=O)O.CC(=O)O.CC(=O)O.CC(=O)O.CCOC(=O)c1ccc(/C=C/C(=O)O)cc1.CCOC(=O)c1ccc(I)cc1.COC(=O)C(OC)c1ccc(/C=C/C(=O)O)cc1.OO/C=C(/O)c1ccc(Br)cc1.[Pd].[Pd].c1ccc(P(c2ccccc2)c2ccccc2)cc1.c1ccc(P(c2ccccc2)c2ccccc2)cc1. The predicted molar refractivity (Wildman–Crippen MR) is 483 cm³/mol. The number of ether oxygens (including phenoxy) is 4. The maximum Gasteiger partial charge on any atom is 0.339 e. The van der Waals surface area contributed by atoms with Crippen LogP contribution in [0, 0.1) is 3.57 Å². The van der Waals surface area contributed by atoms with Crippen LogP contribution >= 0.6 is 54.4 Å². The zero-order chi connectivity index (χ0) is 89.0. The number of aliphatic carboxylic acids is 6. The summed E-state index contributed by atoms with van der Waals surface area (Å²) in [5, 5.41) is 72.2. The van der Waals surface area contributed by atoms with Crippen molar-refractivity contribution in [2.45, 2.75) is 61.5 Å². The number of methoxy groups -OCH3 is 2. The van der Waals surface area contributed by atoms with E-state index in [1.165, 1.54) is 58.2 Å². The van der Waals surface area contributed by atoms with Crippen LogP contribution in [0.3, 0.4) is 0 Å². The molecule has 28 heteroatoms. The molecule has 10 aromatic rings. The third-order valence-corrected chi connectivity index (χ3v) is 19.0. The molecule has 120 heavy (non-hydrogen) atoms. The minimum atomic E-state index is -1.01. The molecule has 0 aromatic heterocycles. The number of carboxylic acids is 6. The number of carbonyl (C=O) groups is 9. The van der Waals surface area contributed by atoms with Crippen LogP contribution in [0.2, 0.25) is 0 Å². The zero-order valence-corrected chi connectivity index (χ0v) is 76.2. The molecule has 0 heterocycles. The smallest absolute Gasteiger partial charge is 0.339 e. The van der Waals surface area contributed by atoms with Crippen molar-refractivity contribution in [1.82, 2.24) is 0 Å². The van der Waals surface area contributed by atoms with Gasteiger partial charge in [0.2, 0.25) is 0 Å². The quantitative estimate of drug-likeness (QED) is 0.00356. The van der Waals surface area contributed by atoms with Crippen molar-refractivity contribution in [3.63, 3.8) is 0 Å². The van der Waals surface area contributed by atoms with Gasteiger partial charge in [-0.25, -0.2) is 29.2 Å². The van der Waals surface area contributed by atoms with Crippen molar-refractivity contribution in [2.75, 3.05) is 27.4 Å². The molecule has 0 amide bonds. The molecule has 0 aliphatic rings. The van der Waals surface area contributed by atoms with Crippen molar-refractivity contribution >= 4 is 158 Å². The van der Waals surface area contributed by atoms with E-state index in [0.717, 1.165) is 65.3 Å². The molecule has 0 saturated carbocycles. The Labute approximate surface area is 753 Å². The number of aliphatic hydroxyl groups excluding tert-OH is 1. The monoisotopic (exact) mass is 2040 g/mol. The van der Waals surface area contributed by atoms with E-state index in [1.54, 1.807) is 111 Å². The number of hydrogen-bond acceptors (Lipinski definition) is 16. The number of carboxylic acid groups (broad SMARTS) is 6. The Hall–Kier alpha value is -11.0. The van der Waals surface area contributed by atoms with Gasteiger partial charge in [-0.05, 0) is 175 Å². The van der Waals surface area contributed by atoms with Crippen LogP contribution in [-0.2, 0) is 98.2 Å². The van der Waals surface area contributed by atoms with Gasteiger partial charge in [0.25, 0.3) is 23.9 Å². The molecule has 22 nitrogen and oxygen atoms in total. The fourth-order valence-corrected chi connectivity index (χ4v) is 13.7. The first-order chi connectivity index (χ1) is 56.3. The van der Waals surface area contributed by atoms with Gasteiger partial charge in [-0.15, -0.1) is 13.2 Å². The van der Waals surface area contributed by atoms with Crippen molar-refractivity contribution in [1.29, 1.82) is 0 Å². The average Bonchev–Trinajstić information content (AvgIpc) is 0.822. The van der Waals surface area contributed by atoms with Crippen molar-refractivity contribution in [2.24, 2.45) is 0 Å². The van der Waals surface area contributed by atoms with E-state index in [1.807, 2.05) is 26.0 Å². The van der Waals surface area contributed by atoms with Crippen LogP contribution in [-0.4, -0.2) is 122 Å². The summed E-state index contributed by atoms with van der Waals surface area (Å²) in [5.41, 5.74) is 3.73. The average molecular weight is 2040 g/mol. The first-order valence-corrected chi connectivity index (χ1v) is 39.9. The van der Waals surface area contributed by atoms with Crippen molar-refractivity contribution in [3.05, 3.63) is 364 Å². The van der Waals surface area contributed by atoms with Crippen LogP contribution in [0.1, 0.15) is 104 Å². The molecule has 644 valence electrons. The van der Waals surface area contributed by atoms with Gasteiger partial charge in [0.15, 0.2) is 18.1 Å². The third-order valence-electron chi connectivity index (χ3n) is 12.9. The zero-order valence-electron chi connectivity index (χ0n) is 67.6. The Balaban J connectivity index is -0.000000641. The van der Waals surface area contributed by atoms with E-state index in [0.29, 0.717) is 35.5 Å². The van der Waals surface area contributed by atoms with E-state index in [2.05, 4.69) is 243 Å². The Morgan fingerprint density at radius 1 is 0.408 bits per heavy atom. The second kappa shape index (κ2) is 73.2. The topological polar surface area (TPSA) is 362 Å². The molecule has 1 atom stereocenters. The van der Waals surface area contributed by atoms with Crippen LogP contribution < -0.4 is 31.8 Å². The molecule has 1 unspecified atom stereocenters. The van der Waals surface area contributed by atoms with Crippen molar-refractivity contribution in [3.8, 4) is 0 Å². The summed E-state index contributed by atoms with van der Waals surface area (Å²) in [6, 6.07) is 92.2. The van der Waals surface area contributed by atoms with Gasteiger partial charge in [-0.1, -0.05) is 259 Å². The van der Waals surface area contributed by atoms with Crippen LogP contribution in [0.15, 0.2) is 327 Å². The number of hydrogen-bond donors (Lipinski definition) is 8. The van der Waals surface area contributed by atoms with E-state index in [4.69, 9.17) is 69.3 Å². The second-order valence-corrected chi connectivity index (χ2v) is 29.0. The molecule has 0 fully saturated rings. The molecule has 0 bridgehead atoms. The van der Waals surface area contributed by atoms with Crippen LogP contribution in [0.25, 0.3) is 17.9 Å². The van der Waals surface area contributed by atoms with E-state index in [-0.39, 0.29) is 58.5 Å². The molecule has 0 saturated heterocycles. The number of halogens is 2. The minimum Gasteiger partial charge on any atom is -0.504 e. The summed E-state index contributed by atoms with van der Waals surface area (Å²) in [4.78, 5) is 94.1. The first-order valence-electron chi connectivity index (χ1n) is 35.4. The normalized spacial score (nSPS) is 9.71. The molecule has 0 spiro atoms. The number of esters is 3. The number of carbonyl (C=O) groups excluding carboxylic acids is 3.